The molecule has 0 unspecified atom stereocenters. The third-order valence-corrected chi connectivity index (χ3v) is 5.99. The summed E-state index contributed by atoms with van der Waals surface area (Å²) in [6, 6.07) is 5.55. The van der Waals surface area contributed by atoms with Gasteiger partial charge in [0.2, 0.25) is 11.8 Å². The van der Waals surface area contributed by atoms with E-state index >= 15 is 0 Å². The second-order valence-corrected chi connectivity index (χ2v) is 7.56. The maximum absolute atomic E-state index is 12.9. The van der Waals surface area contributed by atoms with Gasteiger partial charge in [-0.25, -0.2) is 4.90 Å². The molecule has 2 saturated heterocycles. The van der Waals surface area contributed by atoms with Gasteiger partial charge in [0.25, 0.3) is 0 Å². The smallest absolute Gasteiger partial charge is 0.241 e. The first-order chi connectivity index (χ1) is 10.3. The lowest BCUT2D eigenvalue weighted by atomic mass is 9.73. The maximum atomic E-state index is 12.9. The second-order valence-electron chi connectivity index (χ2n) is 6.70. The van der Waals surface area contributed by atoms with Gasteiger partial charge in [-0.3, -0.25) is 9.59 Å². The molecular weight excluding hydrogens is 346 g/mol. The van der Waals surface area contributed by atoms with Crippen LogP contribution in [0.25, 0.3) is 0 Å². The molecule has 0 aromatic heterocycles. The minimum atomic E-state index is -0.678. The molecule has 114 valence electrons. The van der Waals surface area contributed by atoms with Gasteiger partial charge in [-0.15, -0.1) is 0 Å². The average Bonchev–Trinajstić information content (AvgIpc) is 2.99. The second kappa shape index (κ2) is 4.09. The van der Waals surface area contributed by atoms with Crippen LogP contribution in [0.5, 0.6) is 0 Å². The van der Waals surface area contributed by atoms with Gasteiger partial charge in [-0.2, -0.15) is 0 Å². The quantitative estimate of drug-likeness (QED) is 0.570. The fourth-order valence-corrected chi connectivity index (χ4v) is 4.37. The Labute approximate surface area is 137 Å². The van der Waals surface area contributed by atoms with Crippen LogP contribution in [-0.4, -0.2) is 23.0 Å². The highest BCUT2D eigenvalue weighted by molar-refractivity contribution is 9.10. The molecule has 2 amide bonds. The molecule has 22 heavy (non-hydrogen) atoms. The number of imide groups is 1. The molecule has 0 aliphatic carbocycles. The van der Waals surface area contributed by atoms with Crippen LogP contribution in [0.1, 0.15) is 19.4 Å². The van der Waals surface area contributed by atoms with Crippen LogP contribution in [-0.2, 0) is 14.3 Å². The Balaban J connectivity index is 1.81. The highest BCUT2D eigenvalue weighted by Gasteiger charge is 2.70. The van der Waals surface area contributed by atoms with Gasteiger partial charge >= 0.3 is 0 Å². The van der Waals surface area contributed by atoms with E-state index in [4.69, 9.17) is 4.74 Å². The van der Waals surface area contributed by atoms with Crippen molar-refractivity contribution in [3.05, 3.63) is 40.4 Å². The van der Waals surface area contributed by atoms with Crippen molar-refractivity contribution < 1.29 is 14.3 Å². The number of hydrogen-bond acceptors (Lipinski definition) is 3. The van der Waals surface area contributed by atoms with Gasteiger partial charge in [0, 0.05) is 4.47 Å². The van der Waals surface area contributed by atoms with Gasteiger partial charge in [0.1, 0.15) is 0 Å². The first kappa shape index (κ1) is 14.2. The molecule has 3 aliphatic rings. The number of carbonyl (C=O) groups excluding carboxylic acids is 2. The summed E-state index contributed by atoms with van der Waals surface area (Å²) >= 11 is 3.47. The zero-order chi connectivity index (χ0) is 15.9. The SMILES string of the molecule is Cc1ccc(N2C(=O)[C@@H]3[C@H](C2=O)[C@@]2(C)C=C[C@@]3(C)O2)cc1Br. The first-order valence-corrected chi connectivity index (χ1v) is 8.11. The molecule has 1 aromatic carbocycles. The molecule has 0 spiro atoms. The third-order valence-electron chi connectivity index (χ3n) is 5.14. The normalized spacial score (nSPS) is 39.0. The van der Waals surface area contributed by atoms with E-state index in [-0.39, 0.29) is 11.8 Å². The minimum Gasteiger partial charge on any atom is -0.359 e. The highest BCUT2D eigenvalue weighted by atomic mass is 79.9. The van der Waals surface area contributed by atoms with Crippen molar-refractivity contribution in [2.24, 2.45) is 11.8 Å². The van der Waals surface area contributed by atoms with E-state index in [0.29, 0.717) is 5.69 Å². The summed E-state index contributed by atoms with van der Waals surface area (Å²) in [4.78, 5) is 27.1. The number of fused-ring (bicyclic) bond motifs is 5. The Hall–Kier alpha value is -1.46. The summed E-state index contributed by atoms with van der Waals surface area (Å²) in [5.74, 6) is -1.20. The number of rotatable bonds is 1. The molecular formula is C17H16BrNO3. The molecule has 1 aromatic rings. The third kappa shape index (κ3) is 1.56. The van der Waals surface area contributed by atoms with E-state index in [1.54, 1.807) is 0 Å². The van der Waals surface area contributed by atoms with Crippen molar-refractivity contribution in [2.45, 2.75) is 32.0 Å². The number of carbonyl (C=O) groups is 2. The Bertz CT molecular complexity index is 722. The molecule has 4 nitrogen and oxygen atoms in total. The van der Waals surface area contributed by atoms with Crippen LogP contribution >= 0.6 is 15.9 Å². The fraction of sp³-hybridized carbons (Fsp3) is 0.412. The standard InChI is InChI=1S/C17H16BrNO3/c1-9-4-5-10(8-11(9)18)19-14(20)12-13(15(19)21)17(3)7-6-16(12,2)22-17/h4-8,12-13H,1-3H3/t12-,13+,16-,17-/m1/s1. The van der Waals surface area contributed by atoms with Crippen molar-refractivity contribution in [1.82, 2.24) is 0 Å². The molecule has 3 heterocycles. The van der Waals surface area contributed by atoms with Crippen molar-refractivity contribution in [2.75, 3.05) is 4.90 Å². The summed E-state index contributed by atoms with van der Waals surface area (Å²) < 4.78 is 6.88. The molecule has 0 N–H and O–H groups in total. The monoisotopic (exact) mass is 361 g/mol. The van der Waals surface area contributed by atoms with E-state index in [2.05, 4.69) is 15.9 Å². The summed E-state index contributed by atoms with van der Waals surface area (Å²) in [5, 5.41) is 0. The summed E-state index contributed by atoms with van der Waals surface area (Å²) in [6.45, 7) is 5.74. The summed E-state index contributed by atoms with van der Waals surface area (Å²) in [7, 11) is 0. The van der Waals surface area contributed by atoms with Crippen LogP contribution in [0, 0.1) is 18.8 Å². The average molecular weight is 362 g/mol. The zero-order valence-electron chi connectivity index (χ0n) is 12.6. The molecule has 2 fully saturated rings. The molecule has 2 bridgehead atoms. The van der Waals surface area contributed by atoms with E-state index in [0.717, 1.165) is 10.0 Å². The lowest BCUT2D eigenvalue weighted by molar-refractivity contribution is -0.128. The number of aryl methyl sites for hydroxylation is 1. The largest absolute Gasteiger partial charge is 0.359 e. The summed E-state index contributed by atoms with van der Waals surface area (Å²) in [6.07, 6.45) is 3.85. The van der Waals surface area contributed by atoms with Crippen LogP contribution in [0.4, 0.5) is 5.69 Å². The number of ether oxygens (including phenoxy) is 1. The van der Waals surface area contributed by atoms with Crippen LogP contribution in [0.3, 0.4) is 0 Å². The Kier molecular flexibility index (Phi) is 2.63. The number of benzene rings is 1. The number of amides is 2. The Morgan fingerprint density at radius 2 is 1.64 bits per heavy atom. The van der Waals surface area contributed by atoms with Gasteiger partial charge in [0.05, 0.1) is 28.7 Å². The highest BCUT2D eigenvalue weighted by Crippen LogP contribution is 2.57. The molecule has 0 saturated carbocycles. The fourth-order valence-electron chi connectivity index (χ4n) is 4.01. The molecule has 5 heteroatoms. The van der Waals surface area contributed by atoms with E-state index < -0.39 is 23.0 Å². The molecule has 4 rings (SSSR count). The van der Waals surface area contributed by atoms with Gasteiger partial charge in [-0.1, -0.05) is 34.1 Å². The Morgan fingerprint density at radius 1 is 1.09 bits per heavy atom. The number of hydrogen-bond donors (Lipinski definition) is 0. The van der Waals surface area contributed by atoms with E-state index in [9.17, 15) is 9.59 Å². The predicted molar refractivity (Wildman–Crippen MR) is 85.4 cm³/mol. The van der Waals surface area contributed by atoms with Crippen molar-refractivity contribution >= 4 is 33.4 Å². The topological polar surface area (TPSA) is 46.6 Å². The lowest BCUT2D eigenvalue weighted by Gasteiger charge is -2.25. The van der Waals surface area contributed by atoms with Crippen molar-refractivity contribution in [1.29, 1.82) is 0 Å². The minimum absolute atomic E-state index is 0.165. The lowest BCUT2D eigenvalue weighted by Crippen LogP contribution is -2.39. The van der Waals surface area contributed by atoms with Gasteiger partial charge in [-0.05, 0) is 38.5 Å². The van der Waals surface area contributed by atoms with Gasteiger partial charge in [0.15, 0.2) is 0 Å². The van der Waals surface area contributed by atoms with Crippen LogP contribution < -0.4 is 4.90 Å². The number of anilines is 1. The Morgan fingerprint density at radius 3 is 2.14 bits per heavy atom. The number of halogens is 1. The number of nitrogens with zero attached hydrogens (tertiary/aromatic N) is 1. The van der Waals surface area contributed by atoms with E-state index in [1.165, 1.54) is 4.90 Å². The maximum Gasteiger partial charge on any atom is 0.241 e. The molecule has 4 atom stereocenters. The van der Waals surface area contributed by atoms with Crippen LogP contribution in [0.15, 0.2) is 34.8 Å². The molecule has 0 radical (unpaired) electrons. The van der Waals surface area contributed by atoms with Gasteiger partial charge < -0.3 is 4.74 Å². The van der Waals surface area contributed by atoms with Crippen molar-refractivity contribution in [3.8, 4) is 0 Å². The van der Waals surface area contributed by atoms with Crippen LogP contribution in [0.2, 0.25) is 0 Å². The van der Waals surface area contributed by atoms with Crippen molar-refractivity contribution in [3.63, 3.8) is 0 Å². The zero-order valence-corrected chi connectivity index (χ0v) is 14.2. The van der Waals surface area contributed by atoms with E-state index in [1.807, 2.05) is 51.1 Å². The molecule has 3 aliphatic heterocycles. The summed E-state index contributed by atoms with van der Waals surface area (Å²) in [5.41, 5.74) is 0.326. The predicted octanol–water partition coefficient (Wildman–Crippen LogP) is 2.98. The first-order valence-electron chi connectivity index (χ1n) is 7.31.